The number of unbranched alkanes of at least 4 members (excludes halogenated alkanes) is 13. The lowest BCUT2D eigenvalue weighted by molar-refractivity contribution is -0.178. The van der Waals surface area contributed by atoms with Gasteiger partial charge in [-0.05, 0) is 19.4 Å². The standard InChI is InChI=1S/C45H95N11O5/c1-2-3-4-5-6-7-8-9-10-11-12-13-14-15-25-56-28-31-60-33-32-58-29-26-55(27-30-59-34-35-61-56)24-16-17-53-43(57)36-54-45-40-50-21-18-47-37-44(46,38-48-19-22-51-41-45)39-49-20-23-52-42-45/h47-52,54H,2-42,46H2,1H3,(H,53,57). The van der Waals surface area contributed by atoms with Crippen molar-refractivity contribution in [3.05, 3.63) is 0 Å². The molecule has 0 aromatic heterocycles. The van der Waals surface area contributed by atoms with E-state index in [0.29, 0.717) is 52.8 Å². The van der Waals surface area contributed by atoms with Crippen LogP contribution in [0.1, 0.15) is 103 Å². The van der Waals surface area contributed by atoms with Crippen molar-refractivity contribution in [1.82, 2.24) is 52.5 Å². The van der Waals surface area contributed by atoms with Crippen molar-refractivity contribution < 1.29 is 23.8 Å². The maximum absolute atomic E-state index is 13.2. The van der Waals surface area contributed by atoms with Crippen LogP contribution >= 0.6 is 0 Å². The van der Waals surface area contributed by atoms with Crippen LogP contribution in [0.5, 0.6) is 0 Å². The molecule has 1 amide bonds. The quantitative estimate of drug-likeness (QED) is 0.0707. The highest BCUT2D eigenvalue weighted by atomic mass is 16.7. The Hall–Kier alpha value is -1.09. The van der Waals surface area contributed by atoms with Crippen molar-refractivity contribution in [2.45, 2.75) is 114 Å². The molecule has 4 heterocycles. The third-order valence-corrected chi connectivity index (χ3v) is 12.1. The molecule has 0 aromatic carbocycles. The number of rotatable bonds is 22. The summed E-state index contributed by atoms with van der Waals surface area (Å²) in [6.45, 7) is 20.8. The van der Waals surface area contributed by atoms with E-state index in [1.165, 1.54) is 83.5 Å². The van der Waals surface area contributed by atoms with Crippen LogP contribution < -0.4 is 48.3 Å². The lowest BCUT2D eigenvalue weighted by atomic mass is 9.98. The summed E-state index contributed by atoms with van der Waals surface area (Å²) in [5.74, 6) is 0.00974. The minimum absolute atomic E-state index is 0.00974. The molecule has 61 heavy (non-hydrogen) atoms. The third kappa shape index (κ3) is 29.1. The average molecular weight is 870 g/mol. The monoisotopic (exact) mass is 870 g/mol. The number of hydrogen-bond donors (Lipinski definition) is 9. The third-order valence-electron chi connectivity index (χ3n) is 12.1. The largest absolute Gasteiger partial charge is 0.378 e. The first-order chi connectivity index (χ1) is 30.0. The van der Waals surface area contributed by atoms with Crippen LogP contribution in [0.2, 0.25) is 0 Å². The Bertz CT molecular complexity index is 979. The molecular weight excluding hydrogens is 775 g/mol. The fourth-order valence-electron chi connectivity index (χ4n) is 8.21. The summed E-state index contributed by atoms with van der Waals surface area (Å²) >= 11 is 0. The van der Waals surface area contributed by atoms with E-state index < -0.39 is 0 Å². The highest BCUT2D eigenvalue weighted by molar-refractivity contribution is 5.78. The van der Waals surface area contributed by atoms with Gasteiger partial charge < -0.3 is 57.2 Å². The van der Waals surface area contributed by atoms with Gasteiger partial charge in [0.15, 0.2) is 0 Å². The molecule has 10 N–H and O–H groups in total. The normalized spacial score (nSPS) is 25.1. The van der Waals surface area contributed by atoms with E-state index in [-0.39, 0.29) is 23.5 Å². The maximum Gasteiger partial charge on any atom is 0.233 e. The highest BCUT2D eigenvalue weighted by Crippen LogP contribution is 2.13. The minimum Gasteiger partial charge on any atom is -0.378 e. The van der Waals surface area contributed by atoms with E-state index in [2.05, 4.69) is 59.4 Å². The Labute approximate surface area is 372 Å². The summed E-state index contributed by atoms with van der Waals surface area (Å²) in [5.41, 5.74) is 6.06. The molecule has 360 valence electrons. The fourth-order valence-corrected chi connectivity index (χ4v) is 8.21. The van der Waals surface area contributed by atoms with Crippen molar-refractivity contribution in [2.75, 3.05) is 171 Å². The number of hydrogen-bond acceptors (Lipinski definition) is 15. The summed E-state index contributed by atoms with van der Waals surface area (Å²) in [4.78, 5) is 21.7. The number of nitrogens with one attached hydrogen (secondary N) is 8. The van der Waals surface area contributed by atoms with Gasteiger partial charge in [0.2, 0.25) is 5.91 Å². The molecule has 4 aliphatic heterocycles. The molecule has 0 radical (unpaired) electrons. The molecule has 4 saturated heterocycles. The summed E-state index contributed by atoms with van der Waals surface area (Å²) in [6, 6.07) is 0. The first-order valence-corrected chi connectivity index (χ1v) is 24.9. The van der Waals surface area contributed by atoms with Gasteiger partial charge in [-0.1, -0.05) is 90.4 Å². The SMILES string of the molecule is CCCCCCCCCCCCCCCCN1CCOCCOCCN(CCCNC(=O)CNC23CNCCNCC(N)(CNCCNC2)CNCCNC3)CCOCCO1. The first kappa shape index (κ1) is 54.2. The van der Waals surface area contributed by atoms with E-state index in [4.69, 9.17) is 24.8 Å². The molecule has 0 unspecified atom stereocenters. The maximum atomic E-state index is 13.2. The number of carbonyl (C=O) groups is 1. The molecule has 0 atom stereocenters. The van der Waals surface area contributed by atoms with Gasteiger partial charge in [0.25, 0.3) is 0 Å². The van der Waals surface area contributed by atoms with Gasteiger partial charge in [-0.2, -0.15) is 5.06 Å². The van der Waals surface area contributed by atoms with Gasteiger partial charge in [-0.25, -0.2) is 0 Å². The van der Waals surface area contributed by atoms with E-state index in [1.54, 1.807) is 0 Å². The second-order valence-corrected chi connectivity index (χ2v) is 17.8. The van der Waals surface area contributed by atoms with E-state index in [9.17, 15) is 4.79 Å². The number of nitrogens with zero attached hydrogens (tertiary/aromatic N) is 2. The zero-order valence-corrected chi connectivity index (χ0v) is 39.0. The van der Waals surface area contributed by atoms with Crippen LogP contribution in [-0.2, 0) is 23.8 Å². The summed E-state index contributed by atoms with van der Waals surface area (Å²) in [5, 5.41) is 30.4. The Morgan fingerprint density at radius 2 is 0.984 bits per heavy atom. The number of hydroxylamine groups is 2. The topological polar surface area (TPSA) is 183 Å². The van der Waals surface area contributed by atoms with Crippen LogP contribution in [0.15, 0.2) is 0 Å². The number of fused-ring (bicyclic) bond motifs is 15. The first-order valence-electron chi connectivity index (χ1n) is 24.9. The molecule has 16 heteroatoms. The van der Waals surface area contributed by atoms with Crippen molar-refractivity contribution in [3.8, 4) is 0 Å². The predicted molar refractivity (Wildman–Crippen MR) is 249 cm³/mol. The summed E-state index contributed by atoms with van der Waals surface area (Å²) in [7, 11) is 0. The summed E-state index contributed by atoms with van der Waals surface area (Å²) < 4.78 is 17.8. The Balaban J connectivity index is 1.30. The molecular formula is C45H95N11O5. The van der Waals surface area contributed by atoms with Gasteiger partial charge >= 0.3 is 0 Å². The molecule has 0 aromatic rings. The van der Waals surface area contributed by atoms with Crippen molar-refractivity contribution in [3.63, 3.8) is 0 Å². The second kappa shape index (κ2) is 37.2. The molecule has 0 spiro atoms. The lowest BCUT2D eigenvalue weighted by Gasteiger charge is -2.37. The van der Waals surface area contributed by atoms with E-state index >= 15 is 0 Å². The van der Waals surface area contributed by atoms with Gasteiger partial charge in [0.05, 0.1) is 63.9 Å². The van der Waals surface area contributed by atoms with Crippen LogP contribution in [0.4, 0.5) is 0 Å². The van der Waals surface area contributed by atoms with Crippen LogP contribution in [0.25, 0.3) is 0 Å². The molecule has 4 fully saturated rings. The van der Waals surface area contributed by atoms with Crippen molar-refractivity contribution >= 4 is 5.91 Å². The number of carbonyl (C=O) groups excluding carboxylic acids is 1. The Morgan fingerprint density at radius 1 is 0.541 bits per heavy atom. The molecule has 0 aliphatic carbocycles. The van der Waals surface area contributed by atoms with Gasteiger partial charge in [0.1, 0.15) is 0 Å². The zero-order chi connectivity index (χ0) is 43.2. The number of ether oxygens (including phenoxy) is 3. The van der Waals surface area contributed by atoms with Crippen LogP contribution in [0.3, 0.4) is 0 Å². The number of amides is 1. The molecule has 4 aliphatic rings. The zero-order valence-electron chi connectivity index (χ0n) is 39.0. The Kier molecular flexibility index (Phi) is 33.0. The van der Waals surface area contributed by atoms with Gasteiger partial charge in [-0.15, -0.1) is 0 Å². The summed E-state index contributed by atoms with van der Waals surface area (Å²) in [6.07, 6.45) is 19.9. The van der Waals surface area contributed by atoms with Gasteiger partial charge in [-0.3, -0.25) is 19.8 Å². The molecule has 4 rings (SSSR count). The van der Waals surface area contributed by atoms with Crippen LogP contribution in [0, 0.1) is 0 Å². The van der Waals surface area contributed by atoms with E-state index in [1.807, 2.05) is 0 Å². The second-order valence-electron chi connectivity index (χ2n) is 17.8. The smallest absolute Gasteiger partial charge is 0.233 e. The average Bonchev–Trinajstić information content (AvgIpc) is 3.26. The molecule has 16 nitrogen and oxygen atoms in total. The Morgan fingerprint density at radius 3 is 1.49 bits per heavy atom. The predicted octanol–water partition coefficient (Wildman–Crippen LogP) is 1.16. The molecule has 2 bridgehead atoms. The minimum atomic E-state index is -0.349. The molecule has 0 saturated carbocycles. The highest BCUT2D eigenvalue weighted by Gasteiger charge is 2.30. The van der Waals surface area contributed by atoms with Gasteiger partial charge in [0, 0.05) is 111 Å². The lowest BCUT2D eigenvalue weighted by Crippen LogP contribution is -2.67. The number of nitrogens with two attached hydrogens (primary N) is 1. The van der Waals surface area contributed by atoms with E-state index in [0.717, 1.165) is 124 Å². The fraction of sp³-hybridized carbons (Fsp3) is 0.978. The van der Waals surface area contributed by atoms with Crippen molar-refractivity contribution in [2.24, 2.45) is 5.73 Å². The van der Waals surface area contributed by atoms with Crippen molar-refractivity contribution in [1.29, 1.82) is 0 Å². The van der Waals surface area contributed by atoms with Crippen LogP contribution in [-0.4, -0.2) is 198 Å².